The maximum Gasteiger partial charge on any atom is 0.208 e. The Morgan fingerprint density at radius 1 is 1.00 bits per heavy atom. The Hall–Kier alpha value is -3.19. The zero-order valence-corrected chi connectivity index (χ0v) is 14.6. The van der Waals surface area contributed by atoms with E-state index in [0.717, 1.165) is 11.3 Å². The minimum Gasteiger partial charge on any atom is -0.369 e. The highest BCUT2D eigenvalue weighted by atomic mass is 32.2. The van der Waals surface area contributed by atoms with Crippen molar-refractivity contribution in [3.05, 3.63) is 72.3 Å². The lowest BCUT2D eigenvalue weighted by atomic mass is 10.1. The molecule has 0 aliphatic rings. The van der Waals surface area contributed by atoms with E-state index in [9.17, 15) is 4.79 Å². The number of carbonyl (C=O) groups is 1. The summed E-state index contributed by atoms with van der Waals surface area (Å²) in [7, 11) is 0. The van der Waals surface area contributed by atoms with Gasteiger partial charge in [0, 0.05) is 17.2 Å². The molecular formula is C19H15N5OS. The van der Waals surface area contributed by atoms with Crippen LogP contribution < -0.4 is 5.73 Å². The molecule has 0 unspecified atom stereocenters. The van der Waals surface area contributed by atoms with Crippen LogP contribution in [-0.2, 0) is 0 Å². The van der Waals surface area contributed by atoms with Gasteiger partial charge < -0.3 is 5.73 Å². The summed E-state index contributed by atoms with van der Waals surface area (Å²) in [4.78, 5) is 16.7. The molecular weight excluding hydrogens is 346 g/mol. The second-order valence-electron chi connectivity index (χ2n) is 5.62. The topological polar surface area (TPSA) is 86.2 Å². The minimum absolute atomic E-state index is 0.0276. The number of carbonyl (C=O) groups excluding carboxylic acids is 1. The SMILES string of the molecule is Nc1nc(-c2ccccc2)cc2nnc(SCC(=O)c3ccccc3)n12. The van der Waals surface area contributed by atoms with Crippen molar-refractivity contribution in [2.45, 2.75) is 5.16 Å². The van der Waals surface area contributed by atoms with E-state index in [1.165, 1.54) is 11.8 Å². The molecule has 0 saturated carbocycles. The van der Waals surface area contributed by atoms with Crippen molar-refractivity contribution >= 4 is 29.1 Å². The molecule has 2 N–H and O–H groups in total. The zero-order chi connectivity index (χ0) is 17.9. The molecule has 128 valence electrons. The normalized spacial score (nSPS) is 10.9. The summed E-state index contributed by atoms with van der Waals surface area (Å²) in [5, 5.41) is 8.89. The number of nitrogens with two attached hydrogens (primary N) is 1. The number of ketones is 1. The number of thioether (sulfide) groups is 1. The molecule has 0 saturated heterocycles. The van der Waals surface area contributed by atoms with Gasteiger partial charge in [-0.2, -0.15) is 0 Å². The zero-order valence-electron chi connectivity index (χ0n) is 13.7. The smallest absolute Gasteiger partial charge is 0.208 e. The molecule has 0 radical (unpaired) electrons. The number of anilines is 1. The van der Waals surface area contributed by atoms with Gasteiger partial charge in [-0.3, -0.25) is 4.79 Å². The number of benzene rings is 2. The van der Waals surface area contributed by atoms with Crippen molar-refractivity contribution in [1.29, 1.82) is 0 Å². The Balaban J connectivity index is 1.60. The lowest BCUT2D eigenvalue weighted by molar-refractivity contribution is 0.102. The predicted molar refractivity (Wildman–Crippen MR) is 102 cm³/mol. The molecule has 2 aromatic heterocycles. The Labute approximate surface area is 154 Å². The van der Waals surface area contributed by atoms with Gasteiger partial charge in [-0.1, -0.05) is 72.4 Å². The van der Waals surface area contributed by atoms with Crippen molar-refractivity contribution in [3.63, 3.8) is 0 Å². The molecule has 2 aromatic carbocycles. The largest absolute Gasteiger partial charge is 0.369 e. The van der Waals surface area contributed by atoms with E-state index in [1.807, 2.05) is 54.6 Å². The van der Waals surface area contributed by atoms with Crippen molar-refractivity contribution in [2.75, 3.05) is 11.5 Å². The number of hydrogen-bond donors (Lipinski definition) is 1. The average molecular weight is 361 g/mol. The maximum absolute atomic E-state index is 12.3. The summed E-state index contributed by atoms with van der Waals surface area (Å²) in [6.07, 6.45) is 0. The fourth-order valence-electron chi connectivity index (χ4n) is 2.61. The molecule has 6 nitrogen and oxygen atoms in total. The first kappa shape index (κ1) is 16.3. The van der Waals surface area contributed by atoms with Crippen molar-refractivity contribution in [1.82, 2.24) is 19.6 Å². The second-order valence-corrected chi connectivity index (χ2v) is 6.56. The van der Waals surface area contributed by atoms with Gasteiger partial charge in [0.25, 0.3) is 0 Å². The van der Waals surface area contributed by atoms with E-state index in [1.54, 1.807) is 16.5 Å². The van der Waals surface area contributed by atoms with Crippen LogP contribution in [0.1, 0.15) is 10.4 Å². The van der Waals surface area contributed by atoms with Crippen LogP contribution in [0.5, 0.6) is 0 Å². The predicted octanol–water partition coefficient (Wildman–Crippen LogP) is 3.35. The minimum atomic E-state index is 0.0276. The lowest BCUT2D eigenvalue weighted by Gasteiger charge is -2.06. The van der Waals surface area contributed by atoms with Crippen LogP contribution >= 0.6 is 11.8 Å². The van der Waals surface area contributed by atoms with Gasteiger partial charge in [-0.25, -0.2) is 9.38 Å². The van der Waals surface area contributed by atoms with E-state index >= 15 is 0 Å². The molecule has 7 heteroatoms. The summed E-state index contributed by atoms with van der Waals surface area (Å²) in [6.45, 7) is 0. The highest BCUT2D eigenvalue weighted by Gasteiger charge is 2.14. The van der Waals surface area contributed by atoms with E-state index in [-0.39, 0.29) is 11.5 Å². The van der Waals surface area contributed by atoms with Gasteiger partial charge in [-0.15, -0.1) is 10.2 Å². The third kappa shape index (κ3) is 3.16. The van der Waals surface area contributed by atoms with Crippen LogP contribution in [0.2, 0.25) is 0 Å². The van der Waals surface area contributed by atoms with E-state index < -0.39 is 0 Å². The lowest BCUT2D eigenvalue weighted by Crippen LogP contribution is -2.05. The number of nitrogens with zero attached hydrogens (tertiary/aromatic N) is 4. The Morgan fingerprint density at radius 2 is 1.69 bits per heavy atom. The summed E-state index contributed by atoms with van der Waals surface area (Å²) < 4.78 is 1.66. The Bertz CT molecular complexity index is 1060. The van der Waals surface area contributed by atoms with Crippen LogP contribution in [0.4, 0.5) is 5.95 Å². The van der Waals surface area contributed by atoms with Crippen molar-refractivity contribution < 1.29 is 4.79 Å². The monoisotopic (exact) mass is 361 g/mol. The van der Waals surface area contributed by atoms with E-state index in [2.05, 4.69) is 15.2 Å². The van der Waals surface area contributed by atoms with Crippen LogP contribution in [0, 0.1) is 0 Å². The van der Waals surface area contributed by atoms with E-state index in [4.69, 9.17) is 5.73 Å². The fraction of sp³-hybridized carbons (Fsp3) is 0.0526. The first-order valence-corrected chi connectivity index (χ1v) is 8.99. The van der Waals surface area contributed by atoms with Crippen LogP contribution in [-0.4, -0.2) is 31.1 Å². The first-order chi connectivity index (χ1) is 12.7. The van der Waals surface area contributed by atoms with Gasteiger partial charge in [0.2, 0.25) is 5.95 Å². The molecule has 0 spiro atoms. The molecule has 4 aromatic rings. The van der Waals surface area contributed by atoms with Crippen LogP contribution in [0.3, 0.4) is 0 Å². The molecule has 0 atom stereocenters. The van der Waals surface area contributed by atoms with Gasteiger partial charge in [0.05, 0.1) is 11.4 Å². The molecule has 0 aliphatic carbocycles. The Kier molecular flexibility index (Phi) is 4.37. The molecule has 0 aliphatic heterocycles. The van der Waals surface area contributed by atoms with Crippen LogP contribution in [0.25, 0.3) is 16.9 Å². The van der Waals surface area contributed by atoms with Crippen molar-refractivity contribution in [3.8, 4) is 11.3 Å². The van der Waals surface area contributed by atoms with Gasteiger partial charge >= 0.3 is 0 Å². The number of rotatable bonds is 5. The molecule has 0 fully saturated rings. The average Bonchev–Trinajstić information content (AvgIpc) is 3.11. The molecule has 0 bridgehead atoms. The number of fused-ring (bicyclic) bond motifs is 1. The maximum atomic E-state index is 12.3. The summed E-state index contributed by atoms with van der Waals surface area (Å²) in [5.74, 6) is 0.575. The Morgan fingerprint density at radius 3 is 2.42 bits per heavy atom. The molecule has 26 heavy (non-hydrogen) atoms. The number of Topliss-reactive ketones (excluding diaryl/α,β-unsaturated/α-hetero) is 1. The number of aromatic nitrogens is 4. The van der Waals surface area contributed by atoms with Gasteiger partial charge in [0.1, 0.15) is 0 Å². The summed E-state index contributed by atoms with van der Waals surface area (Å²) in [6, 6.07) is 20.8. The first-order valence-electron chi connectivity index (χ1n) is 8.00. The quantitative estimate of drug-likeness (QED) is 0.433. The fourth-order valence-corrected chi connectivity index (χ4v) is 3.45. The van der Waals surface area contributed by atoms with Gasteiger partial charge in [-0.05, 0) is 0 Å². The van der Waals surface area contributed by atoms with Crippen LogP contribution in [0.15, 0.2) is 71.9 Å². The summed E-state index contributed by atoms with van der Waals surface area (Å²) in [5.41, 5.74) is 9.10. The third-order valence-corrected chi connectivity index (χ3v) is 4.81. The highest BCUT2D eigenvalue weighted by Crippen LogP contribution is 2.24. The summed E-state index contributed by atoms with van der Waals surface area (Å²) >= 11 is 1.30. The highest BCUT2D eigenvalue weighted by molar-refractivity contribution is 7.99. The molecule has 4 rings (SSSR count). The number of hydrogen-bond acceptors (Lipinski definition) is 6. The van der Waals surface area contributed by atoms with Gasteiger partial charge in [0.15, 0.2) is 16.6 Å². The number of nitrogen functional groups attached to an aromatic ring is 1. The molecule has 0 amide bonds. The molecule has 2 heterocycles. The second kappa shape index (κ2) is 6.97. The van der Waals surface area contributed by atoms with E-state index in [0.29, 0.717) is 22.3 Å². The van der Waals surface area contributed by atoms with Crippen molar-refractivity contribution in [2.24, 2.45) is 0 Å². The third-order valence-electron chi connectivity index (χ3n) is 3.89. The standard InChI is InChI=1S/C19H15N5OS/c20-18-21-15(13-7-3-1-4-8-13)11-17-22-23-19(24(17)18)26-12-16(25)14-9-5-2-6-10-14/h1-11H,12H2,(H2,20,21).